The Labute approximate surface area is 109 Å². The minimum Gasteiger partial charge on any atom is -0.340 e. The molecule has 4 nitrogen and oxygen atoms in total. The molecule has 0 unspecified atom stereocenters. The van der Waals surface area contributed by atoms with Crippen molar-refractivity contribution in [2.24, 2.45) is 0 Å². The van der Waals surface area contributed by atoms with Crippen LogP contribution in [0.5, 0.6) is 0 Å². The summed E-state index contributed by atoms with van der Waals surface area (Å²) in [7, 11) is 2.09. The van der Waals surface area contributed by atoms with Gasteiger partial charge in [-0.05, 0) is 39.3 Å². The van der Waals surface area contributed by atoms with Crippen LogP contribution in [-0.2, 0) is 0 Å². The van der Waals surface area contributed by atoms with Gasteiger partial charge in [-0.15, -0.1) is 12.4 Å². The number of halogens is 1. The average Bonchev–Trinajstić information content (AvgIpc) is 2.28. The second kappa shape index (κ2) is 6.17. The Morgan fingerprint density at radius 3 is 2.47 bits per heavy atom. The molecular formula is C12H21ClN4. The Balaban J connectivity index is 0.00000144. The van der Waals surface area contributed by atoms with E-state index in [1.54, 1.807) is 0 Å². The normalized spacial score (nSPS) is 19.6. The summed E-state index contributed by atoms with van der Waals surface area (Å²) in [6, 6.07) is 2.53. The number of likely N-dealkylation sites (N-methyl/N-ethyl adjacent to an activating group) is 1. The Bertz CT molecular complexity index is 343. The molecule has 0 amide bonds. The van der Waals surface area contributed by atoms with Crippen molar-refractivity contribution in [2.75, 3.05) is 25.0 Å². The van der Waals surface area contributed by atoms with Crippen LogP contribution in [-0.4, -0.2) is 36.1 Å². The SMILES string of the molecule is Cc1cc(C)nc(N(C)[C@H]2CCCNC2)n1.Cl. The fraction of sp³-hybridized carbons (Fsp3) is 0.667. The van der Waals surface area contributed by atoms with Crippen molar-refractivity contribution in [3.63, 3.8) is 0 Å². The van der Waals surface area contributed by atoms with Crippen molar-refractivity contribution in [1.82, 2.24) is 15.3 Å². The maximum absolute atomic E-state index is 4.50. The van der Waals surface area contributed by atoms with E-state index >= 15 is 0 Å². The molecule has 96 valence electrons. The van der Waals surface area contributed by atoms with E-state index in [0.29, 0.717) is 6.04 Å². The first-order valence-electron chi connectivity index (χ1n) is 5.92. The minimum absolute atomic E-state index is 0. The Morgan fingerprint density at radius 1 is 1.29 bits per heavy atom. The van der Waals surface area contributed by atoms with Crippen molar-refractivity contribution in [1.29, 1.82) is 0 Å². The second-order valence-corrected chi connectivity index (χ2v) is 4.56. The molecule has 5 heteroatoms. The van der Waals surface area contributed by atoms with E-state index in [1.165, 1.54) is 12.8 Å². The smallest absolute Gasteiger partial charge is 0.225 e. The van der Waals surface area contributed by atoms with Gasteiger partial charge in [0.15, 0.2) is 0 Å². The molecule has 1 saturated heterocycles. The van der Waals surface area contributed by atoms with Crippen molar-refractivity contribution in [2.45, 2.75) is 32.7 Å². The molecule has 0 spiro atoms. The van der Waals surface area contributed by atoms with Gasteiger partial charge in [0.25, 0.3) is 0 Å². The molecule has 1 aromatic heterocycles. The fourth-order valence-corrected chi connectivity index (χ4v) is 2.19. The average molecular weight is 257 g/mol. The lowest BCUT2D eigenvalue weighted by Crippen LogP contribution is -2.45. The molecule has 1 fully saturated rings. The van der Waals surface area contributed by atoms with Crippen LogP contribution in [0, 0.1) is 13.8 Å². The molecule has 1 aliphatic heterocycles. The maximum Gasteiger partial charge on any atom is 0.225 e. The summed E-state index contributed by atoms with van der Waals surface area (Å²) in [6.45, 7) is 6.21. The molecule has 1 aromatic rings. The standard InChI is InChI=1S/C12H20N4.ClH/c1-9-7-10(2)15-12(14-9)16(3)11-5-4-6-13-8-11;/h7,11,13H,4-6,8H2,1-3H3;1H/t11-;/m0./s1. The molecule has 1 atom stereocenters. The first kappa shape index (κ1) is 14.2. The molecule has 1 N–H and O–H groups in total. The lowest BCUT2D eigenvalue weighted by molar-refractivity contribution is 0.441. The molecule has 2 heterocycles. The number of hydrogen-bond acceptors (Lipinski definition) is 4. The number of hydrogen-bond donors (Lipinski definition) is 1. The zero-order chi connectivity index (χ0) is 11.5. The molecule has 17 heavy (non-hydrogen) atoms. The van der Waals surface area contributed by atoms with Gasteiger partial charge in [0.05, 0.1) is 0 Å². The molecule has 0 aromatic carbocycles. The highest BCUT2D eigenvalue weighted by molar-refractivity contribution is 5.85. The van der Waals surface area contributed by atoms with Crippen LogP contribution in [0.3, 0.4) is 0 Å². The molecular weight excluding hydrogens is 236 g/mol. The van der Waals surface area contributed by atoms with Gasteiger partial charge in [-0.1, -0.05) is 0 Å². The second-order valence-electron chi connectivity index (χ2n) is 4.56. The van der Waals surface area contributed by atoms with Crippen LogP contribution in [0.2, 0.25) is 0 Å². The van der Waals surface area contributed by atoms with E-state index < -0.39 is 0 Å². The highest BCUT2D eigenvalue weighted by atomic mass is 35.5. The maximum atomic E-state index is 4.50. The van der Waals surface area contributed by atoms with Gasteiger partial charge in [-0.25, -0.2) is 9.97 Å². The molecule has 0 aliphatic carbocycles. The molecule has 1 aliphatic rings. The van der Waals surface area contributed by atoms with Crippen LogP contribution in [0.1, 0.15) is 24.2 Å². The monoisotopic (exact) mass is 256 g/mol. The zero-order valence-corrected chi connectivity index (χ0v) is 11.5. The summed E-state index contributed by atoms with van der Waals surface area (Å²) in [5, 5.41) is 3.42. The summed E-state index contributed by atoms with van der Waals surface area (Å²) < 4.78 is 0. The Hall–Kier alpha value is -0.870. The number of piperidine rings is 1. The van der Waals surface area contributed by atoms with E-state index in [1.807, 2.05) is 19.9 Å². The van der Waals surface area contributed by atoms with E-state index in [9.17, 15) is 0 Å². The molecule has 0 radical (unpaired) electrons. The zero-order valence-electron chi connectivity index (χ0n) is 10.7. The van der Waals surface area contributed by atoms with E-state index in [-0.39, 0.29) is 12.4 Å². The van der Waals surface area contributed by atoms with Crippen molar-refractivity contribution in [3.8, 4) is 0 Å². The van der Waals surface area contributed by atoms with Gasteiger partial charge >= 0.3 is 0 Å². The summed E-state index contributed by atoms with van der Waals surface area (Å²) in [5.74, 6) is 0.853. The van der Waals surface area contributed by atoms with Crippen LogP contribution in [0.4, 0.5) is 5.95 Å². The highest BCUT2D eigenvalue weighted by Crippen LogP contribution is 2.15. The van der Waals surface area contributed by atoms with Crippen LogP contribution in [0.15, 0.2) is 6.07 Å². The van der Waals surface area contributed by atoms with Crippen LogP contribution in [0.25, 0.3) is 0 Å². The summed E-state index contributed by atoms with van der Waals surface area (Å²) in [5.41, 5.74) is 2.08. The van der Waals surface area contributed by atoms with E-state index in [4.69, 9.17) is 0 Å². The van der Waals surface area contributed by atoms with Crippen molar-refractivity contribution in [3.05, 3.63) is 17.5 Å². The van der Waals surface area contributed by atoms with Crippen molar-refractivity contribution >= 4 is 18.4 Å². The summed E-state index contributed by atoms with van der Waals surface area (Å²) >= 11 is 0. The highest BCUT2D eigenvalue weighted by Gasteiger charge is 2.19. The van der Waals surface area contributed by atoms with E-state index in [2.05, 4.69) is 27.2 Å². The lowest BCUT2D eigenvalue weighted by atomic mass is 10.1. The topological polar surface area (TPSA) is 41.1 Å². The fourth-order valence-electron chi connectivity index (χ4n) is 2.19. The third-order valence-corrected chi connectivity index (χ3v) is 3.10. The predicted molar refractivity (Wildman–Crippen MR) is 73.0 cm³/mol. The number of anilines is 1. The number of nitrogens with one attached hydrogen (secondary N) is 1. The predicted octanol–water partition coefficient (Wildman–Crippen LogP) is 1.70. The third-order valence-electron chi connectivity index (χ3n) is 3.10. The summed E-state index contributed by atoms with van der Waals surface area (Å²) in [4.78, 5) is 11.2. The minimum atomic E-state index is 0. The van der Waals surface area contributed by atoms with Gasteiger partial charge in [-0.3, -0.25) is 0 Å². The lowest BCUT2D eigenvalue weighted by Gasteiger charge is -2.31. The number of nitrogens with zero attached hydrogens (tertiary/aromatic N) is 3. The van der Waals surface area contributed by atoms with Crippen molar-refractivity contribution < 1.29 is 0 Å². The van der Waals surface area contributed by atoms with Gasteiger partial charge in [0.1, 0.15) is 0 Å². The van der Waals surface area contributed by atoms with Crippen LogP contribution < -0.4 is 10.2 Å². The first-order valence-corrected chi connectivity index (χ1v) is 5.92. The third kappa shape index (κ3) is 3.54. The largest absolute Gasteiger partial charge is 0.340 e. The van der Waals surface area contributed by atoms with Gasteiger partial charge in [-0.2, -0.15) is 0 Å². The molecule has 0 saturated carbocycles. The first-order chi connectivity index (χ1) is 7.66. The Kier molecular flexibility index (Phi) is 5.15. The van der Waals surface area contributed by atoms with E-state index in [0.717, 1.165) is 30.4 Å². The van der Waals surface area contributed by atoms with Gasteiger partial charge < -0.3 is 10.2 Å². The summed E-state index contributed by atoms with van der Waals surface area (Å²) in [6.07, 6.45) is 2.46. The van der Waals surface area contributed by atoms with Gasteiger partial charge in [0, 0.05) is 31.0 Å². The Morgan fingerprint density at radius 2 is 1.94 bits per heavy atom. The number of aromatic nitrogens is 2. The molecule has 0 bridgehead atoms. The quantitative estimate of drug-likeness (QED) is 0.875. The number of rotatable bonds is 2. The van der Waals surface area contributed by atoms with Crippen LogP contribution >= 0.6 is 12.4 Å². The molecule has 2 rings (SSSR count). The van der Waals surface area contributed by atoms with Gasteiger partial charge in [0.2, 0.25) is 5.95 Å². The number of aryl methyl sites for hydroxylation is 2.